The van der Waals surface area contributed by atoms with Crippen molar-refractivity contribution >= 4 is 5.91 Å². The van der Waals surface area contributed by atoms with E-state index in [9.17, 15) is 9.90 Å². The third kappa shape index (κ3) is 1.46. The molecule has 0 aromatic rings. The predicted octanol–water partition coefficient (Wildman–Crippen LogP) is 0.873. The van der Waals surface area contributed by atoms with Gasteiger partial charge in [-0.25, -0.2) is 0 Å². The van der Waals surface area contributed by atoms with E-state index in [1.54, 1.807) is 0 Å². The molecule has 3 nitrogen and oxygen atoms in total. The summed E-state index contributed by atoms with van der Waals surface area (Å²) < 4.78 is 0. The number of rotatable bonds is 3. The molecule has 0 radical (unpaired) electrons. The highest BCUT2D eigenvalue weighted by atomic mass is 16.3. The van der Waals surface area contributed by atoms with Gasteiger partial charge in [-0.05, 0) is 19.3 Å². The van der Waals surface area contributed by atoms with Crippen molar-refractivity contribution < 1.29 is 9.90 Å². The molecule has 0 aromatic heterocycles. The molecule has 1 fully saturated rings. The first-order valence-corrected chi connectivity index (χ1v) is 4.98. The van der Waals surface area contributed by atoms with Crippen molar-refractivity contribution in [2.24, 2.45) is 11.3 Å². The fraction of sp³-hybridized carbons (Fsp3) is 0.900. The lowest BCUT2D eigenvalue weighted by molar-refractivity contribution is -0.140. The van der Waals surface area contributed by atoms with Gasteiger partial charge in [-0.1, -0.05) is 13.8 Å². The number of likely N-dealkylation sites (tertiary alicyclic amines) is 1. The predicted molar refractivity (Wildman–Crippen MR) is 51.2 cm³/mol. The summed E-state index contributed by atoms with van der Waals surface area (Å²) in [5.41, 5.74) is -0.490. The van der Waals surface area contributed by atoms with Crippen molar-refractivity contribution in [3.63, 3.8) is 0 Å². The van der Waals surface area contributed by atoms with Crippen molar-refractivity contribution in [3.05, 3.63) is 0 Å². The van der Waals surface area contributed by atoms with Crippen LogP contribution in [0, 0.1) is 11.3 Å². The molecule has 0 aromatic carbocycles. The Hall–Kier alpha value is -0.570. The molecule has 1 heterocycles. The highest BCUT2D eigenvalue weighted by Crippen LogP contribution is 2.38. The van der Waals surface area contributed by atoms with E-state index in [1.807, 2.05) is 25.7 Å². The topological polar surface area (TPSA) is 40.5 Å². The summed E-state index contributed by atoms with van der Waals surface area (Å²) in [5.74, 6) is 0.356. The van der Waals surface area contributed by atoms with Gasteiger partial charge >= 0.3 is 0 Å². The lowest BCUT2D eigenvalue weighted by atomic mass is 9.76. The second kappa shape index (κ2) is 3.66. The van der Waals surface area contributed by atoms with Crippen LogP contribution in [0.5, 0.6) is 0 Å². The Morgan fingerprint density at radius 3 is 2.46 bits per heavy atom. The molecule has 13 heavy (non-hydrogen) atoms. The SMILES string of the molecule is CCN1CCC(CO)(C(C)C)C1=O. The van der Waals surface area contributed by atoms with Gasteiger partial charge in [-0.3, -0.25) is 4.79 Å². The zero-order valence-corrected chi connectivity index (χ0v) is 8.71. The first-order chi connectivity index (χ1) is 6.08. The normalized spacial score (nSPS) is 29.0. The van der Waals surface area contributed by atoms with Gasteiger partial charge in [0.15, 0.2) is 0 Å². The van der Waals surface area contributed by atoms with Gasteiger partial charge in [0.05, 0.1) is 12.0 Å². The quantitative estimate of drug-likeness (QED) is 0.709. The molecule has 1 aliphatic heterocycles. The number of hydrogen-bond donors (Lipinski definition) is 1. The maximum Gasteiger partial charge on any atom is 0.231 e. The van der Waals surface area contributed by atoms with Crippen LogP contribution in [0.25, 0.3) is 0 Å². The Balaban J connectivity index is 2.85. The van der Waals surface area contributed by atoms with E-state index >= 15 is 0 Å². The molecule has 1 unspecified atom stereocenters. The van der Waals surface area contributed by atoms with E-state index < -0.39 is 5.41 Å². The minimum absolute atomic E-state index is 0.0139. The van der Waals surface area contributed by atoms with Crippen LogP contribution in [-0.2, 0) is 4.79 Å². The van der Waals surface area contributed by atoms with Crippen LogP contribution >= 0.6 is 0 Å². The van der Waals surface area contributed by atoms with Crippen molar-refractivity contribution in [3.8, 4) is 0 Å². The van der Waals surface area contributed by atoms with Crippen LogP contribution in [0.2, 0.25) is 0 Å². The number of aliphatic hydroxyl groups excluding tert-OH is 1. The van der Waals surface area contributed by atoms with Gasteiger partial charge in [0.1, 0.15) is 0 Å². The first-order valence-electron chi connectivity index (χ1n) is 4.98. The Labute approximate surface area is 79.7 Å². The molecule has 1 aliphatic rings. The molecule has 1 saturated heterocycles. The fourth-order valence-corrected chi connectivity index (χ4v) is 2.02. The summed E-state index contributed by atoms with van der Waals surface area (Å²) in [6.07, 6.45) is 0.799. The Morgan fingerprint density at radius 1 is 1.62 bits per heavy atom. The summed E-state index contributed by atoms with van der Waals surface area (Å²) in [5, 5.41) is 9.32. The minimum atomic E-state index is -0.490. The number of carbonyl (C=O) groups is 1. The molecular weight excluding hydrogens is 166 g/mol. The average molecular weight is 185 g/mol. The Morgan fingerprint density at radius 2 is 2.23 bits per heavy atom. The summed E-state index contributed by atoms with van der Waals surface area (Å²) in [7, 11) is 0. The van der Waals surface area contributed by atoms with Crippen LogP contribution in [0.3, 0.4) is 0 Å². The van der Waals surface area contributed by atoms with Crippen LogP contribution in [0.15, 0.2) is 0 Å². The minimum Gasteiger partial charge on any atom is -0.395 e. The Kier molecular flexibility index (Phi) is 2.96. The standard InChI is InChI=1S/C10H19NO2/c1-4-11-6-5-10(7-12,8(2)3)9(11)13/h8,12H,4-7H2,1-3H3. The third-order valence-electron chi connectivity index (χ3n) is 3.31. The summed E-state index contributed by atoms with van der Waals surface area (Å²) in [6, 6.07) is 0. The lowest BCUT2D eigenvalue weighted by Gasteiger charge is -2.29. The van der Waals surface area contributed by atoms with Crippen molar-refractivity contribution in [2.45, 2.75) is 27.2 Å². The average Bonchev–Trinajstić information content (AvgIpc) is 2.43. The molecule has 0 bridgehead atoms. The fourth-order valence-electron chi connectivity index (χ4n) is 2.02. The number of amides is 1. The van der Waals surface area contributed by atoms with Crippen molar-refractivity contribution in [2.75, 3.05) is 19.7 Å². The van der Waals surface area contributed by atoms with Gasteiger partial charge in [0.2, 0.25) is 5.91 Å². The van der Waals surface area contributed by atoms with Gasteiger partial charge in [0.25, 0.3) is 0 Å². The van der Waals surface area contributed by atoms with Crippen molar-refractivity contribution in [1.82, 2.24) is 4.90 Å². The summed E-state index contributed by atoms with van der Waals surface area (Å²) >= 11 is 0. The first kappa shape index (κ1) is 10.5. The van der Waals surface area contributed by atoms with E-state index in [0.29, 0.717) is 0 Å². The molecule has 1 rings (SSSR count). The van der Waals surface area contributed by atoms with Gasteiger partial charge < -0.3 is 10.0 Å². The maximum atomic E-state index is 11.9. The molecule has 0 aliphatic carbocycles. The molecule has 1 amide bonds. The number of hydrogen-bond acceptors (Lipinski definition) is 2. The van der Waals surface area contributed by atoms with Gasteiger partial charge in [-0.15, -0.1) is 0 Å². The Bertz CT molecular complexity index is 203. The van der Waals surface area contributed by atoms with Crippen LogP contribution in [0.4, 0.5) is 0 Å². The number of nitrogens with zero attached hydrogens (tertiary/aromatic N) is 1. The van der Waals surface area contributed by atoms with E-state index in [2.05, 4.69) is 0 Å². The van der Waals surface area contributed by atoms with E-state index in [-0.39, 0.29) is 18.4 Å². The zero-order valence-electron chi connectivity index (χ0n) is 8.71. The molecule has 1 N–H and O–H groups in total. The zero-order chi connectivity index (χ0) is 10.1. The lowest BCUT2D eigenvalue weighted by Crippen LogP contribution is -2.40. The summed E-state index contributed by atoms with van der Waals surface area (Å²) in [6.45, 7) is 7.54. The second-order valence-corrected chi connectivity index (χ2v) is 4.10. The van der Waals surface area contributed by atoms with Crippen molar-refractivity contribution in [1.29, 1.82) is 0 Å². The largest absolute Gasteiger partial charge is 0.395 e. The summed E-state index contributed by atoms with van der Waals surface area (Å²) in [4.78, 5) is 13.7. The van der Waals surface area contributed by atoms with Gasteiger partial charge in [0, 0.05) is 13.1 Å². The molecule has 0 saturated carbocycles. The second-order valence-electron chi connectivity index (χ2n) is 4.10. The molecule has 1 atom stereocenters. The molecule has 76 valence electrons. The third-order valence-corrected chi connectivity index (χ3v) is 3.31. The highest BCUT2D eigenvalue weighted by Gasteiger charge is 2.47. The van der Waals surface area contributed by atoms with E-state index in [0.717, 1.165) is 19.5 Å². The smallest absolute Gasteiger partial charge is 0.231 e. The van der Waals surface area contributed by atoms with E-state index in [1.165, 1.54) is 0 Å². The highest BCUT2D eigenvalue weighted by molar-refractivity contribution is 5.85. The van der Waals surface area contributed by atoms with Crippen LogP contribution in [0.1, 0.15) is 27.2 Å². The molecule has 3 heteroatoms. The number of aliphatic hydroxyl groups is 1. The number of carbonyl (C=O) groups excluding carboxylic acids is 1. The van der Waals surface area contributed by atoms with Crippen LogP contribution in [-0.4, -0.2) is 35.6 Å². The maximum absolute atomic E-state index is 11.9. The molecule has 0 spiro atoms. The van der Waals surface area contributed by atoms with Crippen LogP contribution < -0.4 is 0 Å². The molecular formula is C10H19NO2. The van der Waals surface area contributed by atoms with Gasteiger partial charge in [-0.2, -0.15) is 0 Å². The van der Waals surface area contributed by atoms with E-state index in [4.69, 9.17) is 0 Å². The monoisotopic (exact) mass is 185 g/mol.